The Bertz CT molecular complexity index is 484. The zero-order valence-electron chi connectivity index (χ0n) is 11.1. The highest BCUT2D eigenvalue weighted by atomic mass is 16.4. The van der Waals surface area contributed by atoms with Gasteiger partial charge < -0.3 is 10.0 Å². The molecule has 1 unspecified atom stereocenters. The Hall–Kier alpha value is -1.84. The molecule has 102 valence electrons. The lowest BCUT2D eigenvalue weighted by Gasteiger charge is -2.24. The van der Waals surface area contributed by atoms with Crippen LogP contribution in [-0.2, 0) is 16.0 Å². The molecule has 0 aliphatic carbocycles. The van der Waals surface area contributed by atoms with Gasteiger partial charge in [-0.2, -0.15) is 0 Å². The lowest BCUT2D eigenvalue weighted by Crippen LogP contribution is -2.28. The molecule has 0 spiro atoms. The molecule has 0 bridgehead atoms. The van der Waals surface area contributed by atoms with Crippen molar-refractivity contribution in [2.75, 3.05) is 6.54 Å². The highest BCUT2D eigenvalue weighted by Gasteiger charge is 2.27. The lowest BCUT2D eigenvalue weighted by molar-refractivity contribution is -0.137. The van der Waals surface area contributed by atoms with Crippen molar-refractivity contribution in [3.05, 3.63) is 35.4 Å². The number of aryl methyl sites for hydroxylation is 1. The minimum atomic E-state index is -0.781. The summed E-state index contributed by atoms with van der Waals surface area (Å²) in [4.78, 5) is 24.1. The van der Waals surface area contributed by atoms with Gasteiger partial charge in [0.1, 0.15) is 0 Å². The quantitative estimate of drug-likeness (QED) is 0.905. The van der Waals surface area contributed by atoms with Crippen molar-refractivity contribution in [2.24, 2.45) is 0 Å². The van der Waals surface area contributed by atoms with Crippen LogP contribution in [0.25, 0.3) is 0 Å². The first-order valence-electron chi connectivity index (χ1n) is 6.66. The number of carbonyl (C=O) groups is 2. The predicted molar refractivity (Wildman–Crippen MR) is 71.8 cm³/mol. The number of hydrogen-bond donors (Lipinski definition) is 1. The van der Waals surface area contributed by atoms with Crippen molar-refractivity contribution in [1.29, 1.82) is 0 Å². The molecule has 1 atom stereocenters. The van der Waals surface area contributed by atoms with E-state index in [9.17, 15) is 9.59 Å². The van der Waals surface area contributed by atoms with Crippen molar-refractivity contribution in [3.8, 4) is 0 Å². The number of carboxylic acids is 1. The van der Waals surface area contributed by atoms with E-state index < -0.39 is 5.97 Å². The molecule has 1 aliphatic rings. The van der Waals surface area contributed by atoms with E-state index in [0.717, 1.165) is 30.5 Å². The summed E-state index contributed by atoms with van der Waals surface area (Å²) in [7, 11) is 0. The van der Waals surface area contributed by atoms with E-state index in [4.69, 9.17) is 5.11 Å². The maximum absolute atomic E-state index is 11.6. The van der Waals surface area contributed by atoms with Gasteiger partial charge in [0.05, 0.1) is 6.04 Å². The Kier molecular flexibility index (Phi) is 4.20. The van der Waals surface area contributed by atoms with Crippen LogP contribution >= 0.6 is 0 Å². The number of likely N-dealkylation sites (tertiary alicyclic amines) is 1. The van der Waals surface area contributed by atoms with Crippen LogP contribution in [0.3, 0.4) is 0 Å². The van der Waals surface area contributed by atoms with Crippen LogP contribution in [0.4, 0.5) is 0 Å². The number of carboxylic acid groups (broad SMARTS) is 1. The van der Waals surface area contributed by atoms with E-state index in [-0.39, 0.29) is 18.4 Å². The van der Waals surface area contributed by atoms with E-state index in [1.807, 2.05) is 29.2 Å². The van der Waals surface area contributed by atoms with Crippen LogP contribution in [0.15, 0.2) is 24.3 Å². The minimum absolute atomic E-state index is 0.110. The fourth-order valence-corrected chi connectivity index (χ4v) is 2.70. The standard InChI is InChI=1S/C15H19NO3/c1-11(17)16-9-3-6-14(16)13-5-2-4-12(10-13)7-8-15(18)19/h2,4-5,10,14H,3,6-9H2,1H3,(H,18,19). The number of amides is 1. The Morgan fingerprint density at radius 3 is 2.89 bits per heavy atom. The summed E-state index contributed by atoms with van der Waals surface area (Å²) in [5.74, 6) is -0.671. The molecule has 1 aromatic carbocycles. The molecule has 4 heteroatoms. The first-order chi connectivity index (χ1) is 9.08. The van der Waals surface area contributed by atoms with Crippen LogP contribution in [0.1, 0.15) is 43.4 Å². The predicted octanol–water partition coefficient (Wildman–Crippen LogP) is 2.39. The van der Waals surface area contributed by atoms with E-state index in [1.54, 1.807) is 6.92 Å². The highest BCUT2D eigenvalue weighted by Crippen LogP contribution is 2.32. The molecule has 1 aliphatic heterocycles. The molecule has 1 saturated heterocycles. The van der Waals surface area contributed by atoms with Gasteiger partial charge >= 0.3 is 5.97 Å². The molecule has 1 heterocycles. The van der Waals surface area contributed by atoms with Gasteiger partial charge in [-0.1, -0.05) is 24.3 Å². The maximum Gasteiger partial charge on any atom is 0.303 e. The lowest BCUT2D eigenvalue weighted by atomic mass is 10.00. The van der Waals surface area contributed by atoms with Gasteiger partial charge in [-0.25, -0.2) is 0 Å². The van der Waals surface area contributed by atoms with Crippen molar-refractivity contribution >= 4 is 11.9 Å². The summed E-state index contributed by atoms with van der Waals surface area (Å²) in [5.41, 5.74) is 2.14. The monoisotopic (exact) mass is 261 g/mol. The Morgan fingerprint density at radius 2 is 2.21 bits per heavy atom. The van der Waals surface area contributed by atoms with Crippen molar-refractivity contribution in [3.63, 3.8) is 0 Å². The zero-order valence-corrected chi connectivity index (χ0v) is 11.1. The van der Waals surface area contributed by atoms with Crippen molar-refractivity contribution in [1.82, 2.24) is 4.90 Å². The SMILES string of the molecule is CC(=O)N1CCCC1c1cccc(CCC(=O)O)c1. The topological polar surface area (TPSA) is 57.6 Å². The summed E-state index contributed by atoms with van der Waals surface area (Å²) in [6.45, 7) is 2.42. The molecule has 1 fully saturated rings. The largest absolute Gasteiger partial charge is 0.481 e. The average molecular weight is 261 g/mol. The van der Waals surface area contributed by atoms with Crippen molar-refractivity contribution in [2.45, 2.75) is 38.6 Å². The van der Waals surface area contributed by atoms with E-state index >= 15 is 0 Å². The van der Waals surface area contributed by atoms with Gasteiger partial charge in [-0.3, -0.25) is 9.59 Å². The first kappa shape index (κ1) is 13.6. The fourth-order valence-electron chi connectivity index (χ4n) is 2.70. The molecular formula is C15H19NO3. The molecule has 4 nitrogen and oxygen atoms in total. The Morgan fingerprint density at radius 1 is 1.42 bits per heavy atom. The number of benzene rings is 1. The van der Waals surface area contributed by atoms with Gasteiger partial charge in [-0.05, 0) is 30.4 Å². The van der Waals surface area contributed by atoms with Crippen LogP contribution in [0.2, 0.25) is 0 Å². The van der Waals surface area contributed by atoms with E-state index in [2.05, 4.69) is 0 Å². The molecule has 19 heavy (non-hydrogen) atoms. The molecule has 1 aromatic rings. The first-order valence-corrected chi connectivity index (χ1v) is 6.66. The van der Waals surface area contributed by atoms with E-state index in [1.165, 1.54) is 0 Å². The second-order valence-electron chi connectivity index (χ2n) is 5.01. The summed E-state index contributed by atoms with van der Waals surface area (Å²) in [6, 6.07) is 8.11. The molecule has 0 radical (unpaired) electrons. The Balaban J connectivity index is 2.13. The Labute approximate surface area is 113 Å². The maximum atomic E-state index is 11.6. The molecule has 2 rings (SSSR count). The summed E-state index contributed by atoms with van der Waals surface area (Å²) < 4.78 is 0. The number of aliphatic carboxylic acids is 1. The number of hydrogen-bond acceptors (Lipinski definition) is 2. The third-order valence-electron chi connectivity index (χ3n) is 3.62. The normalized spacial score (nSPS) is 18.6. The third-order valence-corrected chi connectivity index (χ3v) is 3.62. The zero-order chi connectivity index (χ0) is 13.8. The summed E-state index contributed by atoms with van der Waals surface area (Å²) in [6.07, 6.45) is 2.70. The van der Waals surface area contributed by atoms with Crippen LogP contribution < -0.4 is 0 Å². The van der Waals surface area contributed by atoms with E-state index in [0.29, 0.717) is 6.42 Å². The molecule has 1 N–H and O–H groups in total. The number of carbonyl (C=O) groups excluding carboxylic acids is 1. The smallest absolute Gasteiger partial charge is 0.303 e. The fraction of sp³-hybridized carbons (Fsp3) is 0.467. The second-order valence-corrected chi connectivity index (χ2v) is 5.01. The van der Waals surface area contributed by atoms with Crippen LogP contribution in [0.5, 0.6) is 0 Å². The van der Waals surface area contributed by atoms with Gasteiger partial charge in [0.25, 0.3) is 0 Å². The van der Waals surface area contributed by atoms with Gasteiger partial charge in [0.15, 0.2) is 0 Å². The molecule has 1 amide bonds. The third kappa shape index (κ3) is 3.34. The number of rotatable bonds is 4. The van der Waals surface area contributed by atoms with Crippen LogP contribution in [0, 0.1) is 0 Å². The van der Waals surface area contributed by atoms with Crippen LogP contribution in [-0.4, -0.2) is 28.4 Å². The second kappa shape index (κ2) is 5.87. The van der Waals surface area contributed by atoms with Gasteiger partial charge in [0.2, 0.25) is 5.91 Å². The molecule has 0 aromatic heterocycles. The summed E-state index contributed by atoms with van der Waals surface area (Å²) in [5, 5.41) is 8.72. The summed E-state index contributed by atoms with van der Waals surface area (Å²) >= 11 is 0. The highest BCUT2D eigenvalue weighted by molar-refractivity contribution is 5.74. The molecule has 0 saturated carbocycles. The average Bonchev–Trinajstić information content (AvgIpc) is 2.86. The number of nitrogens with zero attached hydrogens (tertiary/aromatic N) is 1. The minimum Gasteiger partial charge on any atom is -0.481 e. The van der Waals surface area contributed by atoms with Gasteiger partial charge in [0, 0.05) is 19.9 Å². The van der Waals surface area contributed by atoms with Gasteiger partial charge in [-0.15, -0.1) is 0 Å². The molecular weight excluding hydrogens is 242 g/mol. The van der Waals surface area contributed by atoms with Crippen molar-refractivity contribution < 1.29 is 14.7 Å².